The second-order valence-corrected chi connectivity index (χ2v) is 8.09. The van der Waals surface area contributed by atoms with Gasteiger partial charge in [0.15, 0.2) is 0 Å². The van der Waals surface area contributed by atoms with Gasteiger partial charge in [-0.1, -0.05) is 36.4 Å². The van der Waals surface area contributed by atoms with Gasteiger partial charge in [-0.25, -0.2) is 8.78 Å². The van der Waals surface area contributed by atoms with Crippen molar-refractivity contribution in [2.75, 3.05) is 13.7 Å². The van der Waals surface area contributed by atoms with E-state index in [9.17, 15) is 13.9 Å². The zero-order valence-electron chi connectivity index (χ0n) is 17.9. The van der Waals surface area contributed by atoms with Crippen LogP contribution in [0, 0.1) is 11.6 Å². The first-order valence-corrected chi connectivity index (χ1v) is 10.7. The van der Waals surface area contributed by atoms with Crippen molar-refractivity contribution >= 4 is 0 Å². The van der Waals surface area contributed by atoms with E-state index in [4.69, 9.17) is 9.47 Å². The minimum Gasteiger partial charge on any atom is -0.497 e. The first-order chi connectivity index (χ1) is 15.5. The van der Waals surface area contributed by atoms with Gasteiger partial charge in [0.05, 0.1) is 32.0 Å². The summed E-state index contributed by atoms with van der Waals surface area (Å²) < 4.78 is 38.4. The summed E-state index contributed by atoms with van der Waals surface area (Å²) in [4.78, 5) is 0. The van der Waals surface area contributed by atoms with E-state index < -0.39 is 6.10 Å². The third kappa shape index (κ3) is 5.33. The van der Waals surface area contributed by atoms with Crippen molar-refractivity contribution < 1.29 is 23.4 Å². The van der Waals surface area contributed by atoms with Crippen molar-refractivity contribution in [3.63, 3.8) is 0 Å². The fourth-order valence-electron chi connectivity index (χ4n) is 4.19. The Kier molecular flexibility index (Phi) is 7.15. The highest BCUT2D eigenvalue weighted by atomic mass is 19.1. The molecule has 32 heavy (non-hydrogen) atoms. The van der Waals surface area contributed by atoms with Gasteiger partial charge in [-0.2, -0.15) is 0 Å². The molecule has 4 nitrogen and oxygen atoms in total. The number of rotatable bonds is 7. The molecule has 6 heteroatoms. The number of ether oxygens (including phenoxy) is 2. The van der Waals surface area contributed by atoms with Crippen molar-refractivity contribution in [3.05, 3.63) is 101 Å². The monoisotopic (exact) mass is 439 g/mol. The fraction of sp³-hybridized carbons (Fsp3) is 0.308. The SMILES string of the molecule is COc1ccc(CN[C@@H]2CO[C@H](C(c3ccc(F)cc3)c3ccc(F)cc3)C[C@H]2O)cc1. The summed E-state index contributed by atoms with van der Waals surface area (Å²) in [5.41, 5.74) is 2.80. The van der Waals surface area contributed by atoms with Crippen LogP contribution in [0.25, 0.3) is 0 Å². The molecular formula is C26H27F2NO3. The quantitative estimate of drug-likeness (QED) is 0.573. The van der Waals surface area contributed by atoms with E-state index in [1.807, 2.05) is 24.3 Å². The number of hydrogen-bond donors (Lipinski definition) is 2. The summed E-state index contributed by atoms with van der Waals surface area (Å²) in [6.07, 6.45) is -0.532. The van der Waals surface area contributed by atoms with E-state index in [-0.39, 0.29) is 29.7 Å². The topological polar surface area (TPSA) is 50.7 Å². The molecule has 3 aromatic rings. The Morgan fingerprint density at radius 3 is 2.00 bits per heavy atom. The maximum absolute atomic E-state index is 13.5. The summed E-state index contributed by atoms with van der Waals surface area (Å²) >= 11 is 0. The molecule has 168 valence electrons. The van der Waals surface area contributed by atoms with Crippen LogP contribution in [-0.2, 0) is 11.3 Å². The highest BCUT2D eigenvalue weighted by Gasteiger charge is 2.35. The lowest BCUT2D eigenvalue weighted by Gasteiger charge is -2.38. The minimum atomic E-state index is -0.615. The molecule has 1 aliphatic rings. The predicted molar refractivity (Wildman–Crippen MR) is 119 cm³/mol. The van der Waals surface area contributed by atoms with E-state index in [2.05, 4.69) is 5.32 Å². The maximum atomic E-state index is 13.5. The Morgan fingerprint density at radius 1 is 0.938 bits per heavy atom. The number of benzene rings is 3. The van der Waals surface area contributed by atoms with Gasteiger partial charge in [-0.05, 0) is 53.1 Å². The van der Waals surface area contributed by atoms with E-state index in [0.29, 0.717) is 19.6 Å². The largest absolute Gasteiger partial charge is 0.497 e. The average Bonchev–Trinajstić information content (AvgIpc) is 2.81. The summed E-state index contributed by atoms with van der Waals surface area (Å²) in [6.45, 7) is 0.931. The van der Waals surface area contributed by atoms with E-state index >= 15 is 0 Å². The minimum absolute atomic E-state index is 0.213. The average molecular weight is 440 g/mol. The van der Waals surface area contributed by atoms with Gasteiger partial charge in [-0.3, -0.25) is 0 Å². The zero-order valence-corrected chi connectivity index (χ0v) is 17.9. The molecule has 0 amide bonds. The molecule has 1 fully saturated rings. The number of aliphatic hydroxyl groups is 1. The second kappa shape index (κ2) is 10.2. The Labute approximate surface area is 186 Å². The molecule has 0 spiro atoms. The number of methoxy groups -OCH3 is 1. The Bertz CT molecular complexity index is 948. The molecule has 3 aromatic carbocycles. The van der Waals surface area contributed by atoms with Crippen molar-refractivity contribution in [2.24, 2.45) is 0 Å². The first kappa shape index (κ1) is 22.4. The summed E-state index contributed by atoms with van der Waals surface area (Å²) in [5, 5.41) is 14.2. The highest BCUT2D eigenvalue weighted by molar-refractivity contribution is 5.34. The zero-order chi connectivity index (χ0) is 22.5. The second-order valence-electron chi connectivity index (χ2n) is 8.09. The summed E-state index contributed by atoms with van der Waals surface area (Å²) in [7, 11) is 1.63. The van der Waals surface area contributed by atoms with Crippen molar-refractivity contribution in [1.82, 2.24) is 5.32 Å². The van der Waals surface area contributed by atoms with Gasteiger partial charge in [0.2, 0.25) is 0 Å². The molecule has 0 bridgehead atoms. The van der Waals surface area contributed by atoms with Crippen molar-refractivity contribution in [3.8, 4) is 5.75 Å². The standard InChI is InChI=1S/C26H27F2NO3/c1-31-22-12-2-17(3-13-22)15-29-23-16-32-25(14-24(23)30)26(18-4-8-20(27)9-5-18)19-6-10-21(28)11-7-19/h2-13,23-26,29-30H,14-16H2,1H3/t23-,24-,25+/m1/s1. The normalized spacial score (nSPS) is 21.0. The van der Waals surface area contributed by atoms with E-state index in [0.717, 1.165) is 22.4 Å². The van der Waals surface area contributed by atoms with Gasteiger partial charge >= 0.3 is 0 Å². The Balaban J connectivity index is 1.45. The van der Waals surface area contributed by atoms with Crippen LogP contribution in [0.4, 0.5) is 8.78 Å². The lowest BCUT2D eigenvalue weighted by Crippen LogP contribution is -2.50. The van der Waals surface area contributed by atoms with Crippen LogP contribution in [0.3, 0.4) is 0 Å². The van der Waals surface area contributed by atoms with Crippen LogP contribution in [-0.4, -0.2) is 37.1 Å². The molecule has 0 aliphatic carbocycles. The molecular weight excluding hydrogens is 412 g/mol. The van der Waals surface area contributed by atoms with Crippen LogP contribution in [0.2, 0.25) is 0 Å². The van der Waals surface area contributed by atoms with Crippen LogP contribution in [0.1, 0.15) is 29.0 Å². The Morgan fingerprint density at radius 2 is 1.50 bits per heavy atom. The lowest BCUT2D eigenvalue weighted by atomic mass is 9.82. The highest BCUT2D eigenvalue weighted by Crippen LogP contribution is 2.35. The lowest BCUT2D eigenvalue weighted by molar-refractivity contribution is -0.0718. The number of nitrogens with one attached hydrogen (secondary N) is 1. The third-order valence-corrected chi connectivity index (χ3v) is 5.99. The van der Waals surface area contributed by atoms with E-state index in [1.165, 1.54) is 24.3 Å². The molecule has 1 saturated heterocycles. The maximum Gasteiger partial charge on any atom is 0.123 e. The van der Waals surface area contributed by atoms with Gasteiger partial charge in [0, 0.05) is 18.9 Å². The van der Waals surface area contributed by atoms with E-state index in [1.54, 1.807) is 31.4 Å². The third-order valence-electron chi connectivity index (χ3n) is 5.99. The van der Waals surface area contributed by atoms with Gasteiger partial charge in [-0.15, -0.1) is 0 Å². The van der Waals surface area contributed by atoms with Crippen LogP contribution >= 0.6 is 0 Å². The first-order valence-electron chi connectivity index (χ1n) is 10.7. The van der Waals surface area contributed by atoms with Crippen molar-refractivity contribution in [2.45, 2.75) is 37.1 Å². The molecule has 1 heterocycles. The Hall–Kier alpha value is -2.80. The van der Waals surface area contributed by atoms with Gasteiger partial charge in [0.1, 0.15) is 17.4 Å². The molecule has 0 radical (unpaired) electrons. The fourth-order valence-corrected chi connectivity index (χ4v) is 4.19. The molecule has 4 rings (SSSR count). The predicted octanol–water partition coefficient (Wildman–Crippen LogP) is 4.41. The molecule has 1 aliphatic heterocycles. The molecule has 2 N–H and O–H groups in total. The summed E-state index contributed by atoms with van der Waals surface area (Å²) in [6, 6.07) is 20.0. The smallest absolute Gasteiger partial charge is 0.123 e. The summed E-state index contributed by atoms with van der Waals surface area (Å²) in [5.74, 6) is -0.0864. The molecule has 0 saturated carbocycles. The van der Waals surface area contributed by atoms with Crippen LogP contribution in [0.15, 0.2) is 72.8 Å². The number of halogens is 2. The van der Waals surface area contributed by atoms with Gasteiger partial charge in [0.25, 0.3) is 0 Å². The number of hydrogen-bond acceptors (Lipinski definition) is 4. The molecule has 0 unspecified atom stereocenters. The molecule has 0 aromatic heterocycles. The van der Waals surface area contributed by atoms with Crippen LogP contribution < -0.4 is 10.1 Å². The van der Waals surface area contributed by atoms with Crippen molar-refractivity contribution in [1.29, 1.82) is 0 Å². The van der Waals surface area contributed by atoms with Crippen LogP contribution in [0.5, 0.6) is 5.75 Å². The molecule has 3 atom stereocenters. The van der Waals surface area contributed by atoms with Gasteiger partial charge < -0.3 is 19.9 Å². The number of aliphatic hydroxyl groups excluding tert-OH is 1.